The number of benzene rings is 3. The molecule has 4 rings (SSSR count). The van der Waals surface area contributed by atoms with Crippen molar-refractivity contribution in [2.45, 2.75) is 38.7 Å². The minimum atomic E-state index is -4.36. The Morgan fingerprint density at radius 3 is 2.00 bits per heavy atom. The van der Waals surface area contributed by atoms with Crippen LogP contribution >= 0.6 is 0 Å². The van der Waals surface area contributed by atoms with Gasteiger partial charge in [-0.25, -0.2) is 26.9 Å². The number of pyridine rings is 1. The topological polar surface area (TPSA) is 22.1 Å². The van der Waals surface area contributed by atoms with E-state index in [0.717, 1.165) is 37.3 Å². The van der Waals surface area contributed by atoms with Gasteiger partial charge in [0.15, 0.2) is 17.5 Å². The molecule has 4 aromatic rings. The van der Waals surface area contributed by atoms with Crippen molar-refractivity contribution < 1.29 is 35.5 Å². The fourth-order valence-corrected chi connectivity index (χ4v) is 3.82. The van der Waals surface area contributed by atoms with Crippen molar-refractivity contribution in [2.24, 2.45) is 0 Å². The minimum absolute atomic E-state index is 0.0337. The summed E-state index contributed by atoms with van der Waals surface area (Å²) in [4.78, 5) is 4.32. The average molecular weight is 582 g/mol. The Labute approximate surface area is 238 Å². The highest BCUT2D eigenvalue weighted by atomic mass is 19.3. The van der Waals surface area contributed by atoms with Gasteiger partial charge in [0.1, 0.15) is 28.6 Å². The maximum atomic E-state index is 14.6. The van der Waals surface area contributed by atoms with Gasteiger partial charge in [0, 0.05) is 29.5 Å². The zero-order valence-corrected chi connectivity index (χ0v) is 22.2. The number of hydrogen-bond donors (Lipinski definition) is 0. The summed E-state index contributed by atoms with van der Waals surface area (Å²) in [5, 5.41) is 0. The van der Waals surface area contributed by atoms with Gasteiger partial charge in [-0.1, -0.05) is 43.6 Å². The molecule has 0 aliphatic heterocycles. The standard InChI is InChI=1S/C33H22F7NO/c1-2-3-4-5-23-9-14-25(41-20-23)13-8-21-6-11-24(28(34)16-21)12-7-22-10-15-27(29(35)17-22)33(39,40)42-26-18-30(36)32(38)31(37)19-26/h6,9-11,14-20H,2-5H2,1H3. The van der Waals surface area contributed by atoms with E-state index < -0.39 is 46.5 Å². The molecule has 0 N–H and O–H groups in total. The van der Waals surface area contributed by atoms with Gasteiger partial charge in [0.25, 0.3) is 0 Å². The summed E-state index contributed by atoms with van der Waals surface area (Å²) in [5.41, 5.74) is 0.695. The van der Waals surface area contributed by atoms with Crippen LogP contribution in [0, 0.1) is 52.8 Å². The van der Waals surface area contributed by atoms with Crippen LogP contribution in [0.2, 0.25) is 0 Å². The molecule has 9 heteroatoms. The van der Waals surface area contributed by atoms with E-state index in [1.165, 1.54) is 12.1 Å². The second-order valence-corrected chi connectivity index (χ2v) is 9.22. The number of hydrogen-bond acceptors (Lipinski definition) is 2. The maximum absolute atomic E-state index is 14.6. The first kappa shape index (κ1) is 30.2. The molecule has 42 heavy (non-hydrogen) atoms. The summed E-state index contributed by atoms with van der Waals surface area (Å²) in [7, 11) is 0. The van der Waals surface area contributed by atoms with E-state index in [1.807, 2.05) is 6.07 Å². The second kappa shape index (κ2) is 13.3. The predicted molar refractivity (Wildman–Crippen MR) is 143 cm³/mol. The Balaban J connectivity index is 1.44. The number of alkyl halides is 2. The Morgan fingerprint density at radius 2 is 1.38 bits per heavy atom. The molecule has 0 bridgehead atoms. The number of ether oxygens (including phenoxy) is 1. The normalized spacial score (nSPS) is 10.9. The van der Waals surface area contributed by atoms with Crippen molar-refractivity contribution in [1.82, 2.24) is 4.98 Å². The predicted octanol–water partition coefficient (Wildman–Crippen LogP) is 8.44. The van der Waals surface area contributed by atoms with Crippen LogP contribution < -0.4 is 4.74 Å². The van der Waals surface area contributed by atoms with Crippen LogP contribution in [0.3, 0.4) is 0 Å². The van der Waals surface area contributed by atoms with Gasteiger partial charge >= 0.3 is 6.11 Å². The SMILES string of the molecule is CCCCCc1ccc(C#Cc2ccc(C#Cc3ccc(C(F)(F)Oc4cc(F)c(F)c(F)c4)c(F)c3)c(F)c2)nc1. The zero-order valence-electron chi connectivity index (χ0n) is 22.2. The molecule has 0 amide bonds. The van der Waals surface area contributed by atoms with E-state index >= 15 is 0 Å². The quantitative estimate of drug-likeness (QED) is 0.0946. The summed E-state index contributed by atoms with van der Waals surface area (Å²) in [6.45, 7) is 2.14. The van der Waals surface area contributed by atoms with E-state index in [2.05, 4.69) is 40.3 Å². The van der Waals surface area contributed by atoms with Gasteiger partial charge in [-0.2, -0.15) is 8.78 Å². The van der Waals surface area contributed by atoms with Crippen molar-refractivity contribution in [1.29, 1.82) is 0 Å². The number of rotatable bonds is 7. The summed E-state index contributed by atoms with van der Waals surface area (Å²) in [6.07, 6.45) is 1.74. The lowest BCUT2D eigenvalue weighted by atomic mass is 10.1. The Kier molecular flexibility index (Phi) is 9.54. The smallest absolute Gasteiger partial charge is 0.429 e. The van der Waals surface area contributed by atoms with Crippen LogP contribution in [-0.2, 0) is 12.5 Å². The molecular weight excluding hydrogens is 559 g/mol. The van der Waals surface area contributed by atoms with E-state index in [0.29, 0.717) is 23.4 Å². The van der Waals surface area contributed by atoms with Gasteiger partial charge in [-0.05, 0) is 66.8 Å². The fourth-order valence-electron chi connectivity index (χ4n) is 3.82. The molecule has 0 unspecified atom stereocenters. The number of aromatic nitrogens is 1. The number of halogens is 7. The van der Waals surface area contributed by atoms with Gasteiger partial charge in [0.05, 0.1) is 5.56 Å². The molecule has 1 aromatic heterocycles. The molecule has 3 aromatic carbocycles. The van der Waals surface area contributed by atoms with Crippen LogP contribution in [0.1, 0.15) is 59.7 Å². The third-order valence-electron chi connectivity index (χ3n) is 6.03. The fraction of sp³-hybridized carbons (Fsp3) is 0.182. The molecule has 0 atom stereocenters. The molecule has 0 saturated carbocycles. The van der Waals surface area contributed by atoms with Gasteiger partial charge in [0.2, 0.25) is 0 Å². The van der Waals surface area contributed by atoms with E-state index in [1.54, 1.807) is 18.3 Å². The number of nitrogens with zero attached hydrogens (tertiary/aromatic N) is 1. The summed E-state index contributed by atoms with van der Waals surface area (Å²) in [6, 6.07) is 10.7. The van der Waals surface area contributed by atoms with Gasteiger partial charge < -0.3 is 4.74 Å². The molecule has 2 nitrogen and oxygen atoms in total. The van der Waals surface area contributed by atoms with Crippen molar-refractivity contribution >= 4 is 0 Å². The lowest BCUT2D eigenvalue weighted by Crippen LogP contribution is -2.23. The Hall–Kier alpha value is -4.76. The highest BCUT2D eigenvalue weighted by molar-refractivity contribution is 5.48. The van der Waals surface area contributed by atoms with Crippen molar-refractivity contribution in [2.75, 3.05) is 0 Å². The molecule has 0 fully saturated rings. The van der Waals surface area contributed by atoms with E-state index in [9.17, 15) is 30.7 Å². The number of unbranched alkanes of at least 4 members (excludes halogenated alkanes) is 2. The lowest BCUT2D eigenvalue weighted by molar-refractivity contribution is -0.187. The Morgan fingerprint density at radius 1 is 0.714 bits per heavy atom. The van der Waals surface area contributed by atoms with Crippen LogP contribution in [0.4, 0.5) is 30.7 Å². The summed E-state index contributed by atoms with van der Waals surface area (Å²) < 4.78 is 102. The zero-order chi connectivity index (χ0) is 30.3. The lowest BCUT2D eigenvalue weighted by Gasteiger charge is -2.19. The third kappa shape index (κ3) is 7.70. The summed E-state index contributed by atoms with van der Waals surface area (Å²) in [5.74, 6) is 2.17. The average Bonchev–Trinajstić information content (AvgIpc) is 2.94. The van der Waals surface area contributed by atoms with Crippen molar-refractivity contribution in [3.63, 3.8) is 0 Å². The highest BCUT2D eigenvalue weighted by Crippen LogP contribution is 2.34. The molecule has 0 radical (unpaired) electrons. The van der Waals surface area contributed by atoms with Crippen LogP contribution in [0.15, 0.2) is 66.9 Å². The Bertz CT molecular complexity index is 1690. The maximum Gasteiger partial charge on any atom is 0.429 e. The van der Waals surface area contributed by atoms with E-state index in [-0.39, 0.29) is 23.3 Å². The van der Waals surface area contributed by atoms with E-state index in [4.69, 9.17) is 0 Å². The van der Waals surface area contributed by atoms with Gasteiger partial charge in [-0.3, -0.25) is 0 Å². The largest absolute Gasteiger partial charge is 0.429 e. The van der Waals surface area contributed by atoms with Crippen LogP contribution in [-0.4, -0.2) is 4.98 Å². The van der Waals surface area contributed by atoms with Crippen LogP contribution in [0.25, 0.3) is 0 Å². The first-order chi connectivity index (χ1) is 20.1. The van der Waals surface area contributed by atoms with Crippen molar-refractivity contribution in [3.8, 4) is 29.4 Å². The van der Waals surface area contributed by atoms with Crippen LogP contribution in [0.5, 0.6) is 5.75 Å². The van der Waals surface area contributed by atoms with Gasteiger partial charge in [-0.15, -0.1) is 0 Å². The minimum Gasteiger partial charge on any atom is -0.429 e. The molecule has 0 saturated heterocycles. The third-order valence-corrected chi connectivity index (χ3v) is 6.03. The molecule has 0 aliphatic carbocycles. The number of aryl methyl sites for hydroxylation is 1. The molecule has 214 valence electrons. The first-order valence-electron chi connectivity index (χ1n) is 12.9. The molecular formula is C33H22F7NO. The monoisotopic (exact) mass is 581 g/mol. The highest BCUT2D eigenvalue weighted by Gasteiger charge is 2.38. The second-order valence-electron chi connectivity index (χ2n) is 9.22. The first-order valence-corrected chi connectivity index (χ1v) is 12.9. The summed E-state index contributed by atoms with van der Waals surface area (Å²) >= 11 is 0. The molecule has 0 aliphatic rings. The van der Waals surface area contributed by atoms with Crippen molar-refractivity contribution in [3.05, 3.63) is 129 Å². The molecule has 1 heterocycles. The molecule has 0 spiro atoms.